The maximum absolute atomic E-state index is 12.0. The number of halogens is 1. The average molecular weight is 394 g/mol. The molecule has 0 saturated carbocycles. The molecule has 1 heterocycles. The Kier molecular flexibility index (Phi) is 4.84. The lowest BCUT2D eigenvalue weighted by molar-refractivity contribution is -0.151. The van der Waals surface area contributed by atoms with Crippen molar-refractivity contribution in [1.82, 2.24) is 9.97 Å². The van der Waals surface area contributed by atoms with Crippen LogP contribution in [0.1, 0.15) is 19.3 Å². The molecule has 0 spiro atoms. The van der Waals surface area contributed by atoms with Crippen molar-refractivity contribution >= 4 is 44.5 Å². The molecule has 0 fully saturated rings. The predicted octanol–water partition coefficient (Wildman–Crippen LogP) is 2.46. The van der Waals surface area contributed by atoms with Crippen LogP contribution in [0.3, 0.4) is 0 Å². The molecule has 0 bridgehead atoms. The number of carbonyl (C=O) groups is 2. The van der Waals surface area contributed by atoms with Crippen LogP contribution in [0.2, 0.25) is 0 Å². The van der Waals surface area contributed by atoms with E-state index in [0.717, 1.165) is 12.8 Å². The molecule has 1 aromatic heterocycles. The molecule has 3 N–H and O–H groups in total. The summed E-state index contributed by atoms with van der Waals surface area (Å²) < 4.78 is 5.70. The van der Waals surface area contributed by atoms with Crippen molar-refractivity contribution in [2.24, 2.45) is 5.92 Å². The summed E-state index contributed by atoms with van der Waals surface area (Å²) >= 11 is 3.33. The van der Waals surface area contributed by atoms with E-state index in [2.05, 4.69) is 31.2 Å². The number of aromatic nitrogens is 2. The second-order valence-electron chi connectivity index (χ2n) is 5.59. The summed E-state index contributed by atoms with van der Waals surface area (Å²) in [5.74, 6) is -0.956. The van der Waals surface area contributed by atoms with Gasteiger partial charge in [0.25, 0.3) is 5.91 Å². The SMILES string of the molecule is O=C(COC(=O)[C@H]1CC=CCC1)Nc1cc2[nH]c(=O)[nH]c2cc1Br. The topological polar surface area (TPSA) is 104 Å². The number of carbonyl (C=O) groups excluding carboxylic acids is 2. The van der Waals surface area contributed by atoms with E-state index in [1.807, 2.05) is 12.2 Å². The van der Waals surface area contributed by atoms with Gasteiger partial charge in [-0.05, 0) is 47.3 Å². The van der Waals surface area contributed by atoms with Gasteiger partial charge in [0.2, 0.25) is 0 Å². The second kappa shape index (κ2) is 7.04. The molecule has 1 aliphatic rings. The van der Waals surface area contributed by atoms with Crippen molar-refractivity contribution in [1.29, 1.82) is 0 Å². The van der Waals surface area contributed by atoms with Gasteiger partial charge in [-0.1, -0.05) is 12.2 Å². The number of amides is 1. The number of aromatic amines is 2. The van der Waals surface area contributed by atoms with E-state index < -0.39 is 5.91 Å². The third kappa shape index (κ3) is 3.76. The molecule has 0 saturated heterocycles. The molecule has 3 rings (SSSR count). The lowest BCUT2D eigenvalue weighted by atomic mass is 9.95. The minimum absolute atomic E-state index is 0.171. The second-order valence-corrected chi connectivity index (χ2v) is 6.45. The highest BCUT2D eigenvalue weighted by Crippen LogP contribution is 2.26. The van der Waals surface area contributed by atoms with E-state index in [4.69, 9.17) is 4.74 Å². The number of allylic oxidation sites excluding steroid dienone is 2. The quantitative estimate of drug-likeness (QED) is 0.547. The van der Waals surface area contributed by atoms with Gasteiger partial charge in [-0.3, -0.25) is 9.59 Å². The molecule has 2 aromatic rings. The number of nitrogens with one attached hydrogen (secondary N) is 3. The van der Waals surface area contributed by atoms with E-state index in [-0.39, 0.29) is 24.2 Å². The van der Waals surface area contributed by atoms with Crippen LogP contribution in [0.25, 0.3) is 11.0 Å². The molecule has 1 aliphatic carbocycles. The van der Waals surface area contributed by atoms with Crippen LogP contribution in [0, 0.1) is 5.92 Å². The van der Waals surface area contributed by atoms with Gasteiger partial charge in [-0.15, -0.1) is 0 Å². The molecule has 24 heavy (non-hydrogen) atoms. The number of imidazole rings is 1. The number of ether oxygens (including phenoxy) is 1. The Bertz CT molecular complexity index is 868. The highest BCUT2D eigenvalue weighted by atomic mass is 79.9. The van der Waals surface area contributed by atoms with Crippen LogP contribution in [-0.2, 0) is 14.3 Å². The summed E-state index contributed by atoms with van der Waals surface area (Å²) in [6.07, 6.45) is 6.26. The number of rotatable bonds is 4. The Morgan fingerprint density at radius 3 is 2.71 bits per heavy atom. The summed E-state index contributed by atoms with van der Waals surface area (Å²) in [6, 6.07) is 3.31. The first-order chi connectivity index (χ1) is 11.5. The Morgan fingerprint density at radius 1 is 1.25 bits per heavy atom. The summed E-state index contributed by atoms with van der Waals surface area (Å²) in [5, 5.41) is 2.66. The van der Waals surface area contributed by atoms with Crippen LogP contribution in [0.4, 0.5) is 5.69 Å². The normalized spacial score (nSPS) is 17.0. The van der Waals surface area contributed by atoms with Crippen LogP contribution in [-0.4, -0.2) is 28.5 Å². The lowest BCUT2D eigenvalue weighted by Gasteiger charge is -2.16. The van der Waals surface area contributed by atoms with Gasteiger partial charge in [-0.2, -0.15) is 0 Å². The largest absolute Gasteiger partial charge is 0.455 e. The van der Waals surface area contributed by atoms with E-state index in [0.29, 0.717) is 27.6 Å². The Morgan fingerprint density at radius 2 is 2.00 bits per heavy atom. The minimum Gasteiger partial charge on any atom is -0.455 e. The minimum atomic E-state index is -0.437. The summed E-state index contributed by atoms with van der Waals surface area (Å²) in [4.78, 5) is 40.4. The molecule has 0 aliphatic heterocycles. The van der Waals surface area contributed by atoms with Crippen LogP contribution in [0.5, 0.6) is 0 Å². The first-order valence-electron chi connectivity index (χ1n) is 7.56. The third-order valence-electron chi connectivity index (χ3n) is 3.83. The summed E-state index contributed by atoms with van der Waals surface area (Å²) in [7, 11) is 0. The molecular formula is C16H16BrN3O4. The smallest absolute Gasteiger partial charge is 0.323 e. The summed E-state index contributed by atoms with van der Waals surface area (Å²) in [6.45, 7) is -0.340. The molecule has 0 unspecified atom stereocenters. The Balaban J connectivity index is 1.60. The van der Waals surface area contributed by atoms with Gasteiger partial charge >= 0.3 is 11.7 Å². The number of H-pyrrole nitrogens is 2. The number of hydrogen-bond donors (Lipinski definition) is 3. The number of fused-ring (bicyclic) bond motifs is 1. The van der Waals surface area contributed by atoms with Gasteiger partial charge in [0, 0.05) is 4.47 Å². The Labute approximate surface area is 145 Å². The lowest BCUT2D eigenvalue weighted by Crippen LogP contribution is -2.25. The van der Waals surface area contributed by atoms with Crippen LogP contribution >= 0.6 is 15.9 Å². The van der Waals surface area contributed by atoms with Crippen LogP contribution < -0.4 is 11.0 Å². The van der Waals surface area contributed by atoms with Crippen molar-refractivity contribution in [3.63, 3.8) is 0 Å². The number of esters is 1. The molecular weight excluding hydrogens is 378 g/mol. The molecule has 8 heteroatoms. The highest BCUT2D eigenvalue weighted by Gasteiger charge is 2.21. The van der Waals surface area contributed by atoms with E-state index in [9.17, 15) is 14.4 Å². The maximum Gasteiger partial charge on any atom is 0.323 e. The standard InChI is InChI=1S/C16H16BrN3O4/c17-10-6-12-13(20-16(23)19-12)7-11(10)18-14(21)8-24-15(22)9-4-2-1-3-5-9/h1-2,6-7,9H,3-5,8H2,(H,18,21)(H2,19,20,23)/t9-/m0/s1. The van der Waals surface area contributed by atoms with Gasteiger partial charge in [0.05, 0.1) is 22.6 Å². The van der Waals surface area contributed by atoms with Gasteiger partial charge < -0.3 is 20.0 Å². The van der Waals surface area contributed by atoms with Crippen molar-refractivity contribution in [3.8, 4) is 0 Å². The average Bonchev–Trinajstić information content (AvgIpc) is 2.92. The predicted molar refractivity (Wildman–Crippen MR) is 92.7 cm³/mol. The van der Waals surface area contributed by atoms with Crippen LogP contribution in [0.15, 0.2) is 33.6 Å². The molecule has 1 amide bonds. The van der Waals surface area contributed by atoms with E-state index in [1.165, 1.54) is 0 Å². The zero-order valence-corrected chi connectivity index (χ0v) is 14.3. The van der Waals surface area contributed by atoms with Crippen molar-refractivity contribution in [3.05, 3.63) is 39.2 Å². The first-order valence-corrected chi connectivity index (χ1v) is 8.35. The fraction of sp³-hybridized carbons (Fsp3) is 0.312. The molecule has 1 atom stereocenters. The van der Waals surface area contributed by atoms with Gasteiger partial charge in [0.15, 0.2) is 6.61 Å². The maximum atomic E-state index is 12.0. The fourth-order valence-electron chi connectivity index (χ4n) is 2.60. The highest BCUT2D eigenvalue weighted by molar-refractivity contribution is 9.10. The molecule has 126 valence electrons. The van der Waals surface area contributed by atoms with E-state index in [1.54, 1.807) is 12.1 Å². The number of hydrogen-bond acceptors (Lipinski definition) is 4. The number of benzene rings is 1. The van der Waals surface area contributed by atoms with Crippen molar-refractivity contribution < 1.29 is 14.3 Å². The van der Waals surface area contributed by atoms with Crippen molar-refractivity contribution in [2.75, 3.05) is 11.9 Å². The zero-order valence-electron chi connectivity index (χ0n) is 12.7. The Hall–Kier alpha value is -2.35. The monoisotopic (exact) mass is 393 g/mol. The molecule has 1 aromatic carbocycles. The third-order valence-corrected chi connectivity index (χ3v) is 4.48. The molecule has 0 radical (unpaired) electrons. The molecule has 7 nitrogen and oxygen atoms in total. The van der Waals surface area contributed by atoms with Gasteiger partial charge in [0.1, 0.15) is 0 Å². The van der Waals surface area contributed by atoms with Gasteiger partial charge in [-0.25, -0.2) is 4.79 Å². The van der Waals surface area contributed by atoms with E-state index >= 15 is 0 Å². The zero-order chi connectivity index (χ0) is 17.1. The number of anilines is 1. The summed E-state index contributed by atoms with van der Waals surface area (Å²) in [5.41, 5.74) is 1.36. The first kappa shape index (κ1) is 16.5. The fourth-order valence-corrected chi connectivity index (χ4v) is 3.04. The van der Waals surface area contributed by atoms with Crippen molar-refractivity contribution in [2.45, 2.75) is 19.3 Å².